The van der Waals surface area contributed by atoms with Gasteiger partial charge >= 0.3 is 11.9 Å². The van der Waals surface area contributed by atoms with E-state index in [1.807, 2.05) is 88.4 Å². The van der Waals surface area contributed by atoms with Crippen molar-refractivity contribution in [2.75, 3.05) is 9.80 Å². The van der Waals surface area contributed by atoms with Gasteiger partial charge < -0.3 is 30.6 Å². The first kappa shape index (κ1) is 61.3. The van der Waals surface area contributed by atoms with Crippen LogP contribution in [0.25, 0.3) is 0 Å². The number of nitrogens with one attached hydrogen (secondary N) is 2. The summed E-state index contributed by atoms with van der Waals surface area (Å²) in [5, 5.41) is 25.3. The zero-order chi connectivity index (χ0) is 59.7. The molecule has 6 aromatic rings. The molecular weight excluding hydrogens is 1080 g/mol. The number of benzene rings is 6. The minimum absolute atomic E-state index is 0.0243. The first-order chi connectivity index (χ1) is 39.0. The van der Waals surface area contributed by atoms with Crippen molar-refractivity contribution in [3.63, 3.8) is 0 Å². The van der Waals surface area contributed by atoms with Gasteiger partial charge in [-0.05, 0) is 108 Å². The topological polar surface area (TPSA) is 214 Å². The van der Waals surface area contributed by atoms with Crippen molar-refractivity contribution >= 4 is 82.0 Å². The Labute approximate surface area is 488 Å². The quantitative estimate of drug-likeness (QED) is 0.0639. The van der Waals surface area contributed by atoms with Crippen molar-refractivity contribution in [2.24, 2.45) is 11.8 Å². The van der Waals surface area contributed by atoms with Crippen molar-refractivity contribution in [3.8, 4) is 0 Å². The smallest absolute Gasteiger partial charge is 0.326 e. The number of aliphatic carboxylic acids is 2. The van der Waals surface area contributed by atoms with E-state index in [1.54, 1.807) is 118 Å². The number of carboxylic acid groups (broad SMARTS) is 2. The second-order valence-electron chi connectivity index (χ2n) is 21.5. The van der Waals surface area contributed by atoms with Crippen LogP contribution < -0.4 is 20.4 Å². The van der Waals surface area contributed by atoms with Gasteiger partial charge in [0.15, 0.2) is 0 Å². The molecule has 428 valence electrons. The van der Waals surface area contributed by atoms with Gasteiger partial charge in [-0.3, -0.25) is 38.6 Å². The van der Waals surface area contributed by atoms with E-state index in [-0.39, 0.29) is 69.5 Å². The Kier molecular flexibility index (Phi) is 20.1. The summed E-state index contributed by atoms with van der Waals surface area (Å²) in [7, 11) is 0. The molecule has 16 nitrogen and oxygen atoms in total. The molecule has 18 heteroatoms. The lowest BCUT2D eigenvalue weighted by atomic mass is 10.0. The molecule has 8 rings (SSSR count). The normalized spacial score (nSPS) is 17.6. The number of carbonyl (C=O) groups excluding carboxylic acids is 6. The highest BCUT2D eigenvalue weighted by atomic mass is 35.5. The van der Waals surface area contributed by atoms with Crippen LogP contribution in [0.3, 0.4) is 0 Å². The molecule has 4 N–H and O–H groups in total. The molecule has 0 spiro atoms. The van der Waals surface area contributed by atoms with Crippen molar-refractivity contribution in [1.82, 2.24) is 20.4 Å². The summed E-state index contributed by atoms with van der Waals surface area (Å²) >= 11 is 12.4. The van der Waals surface area contributed by atoms with Crippen molar-refractivity contribution in [1.29, 1.82) is 0 Å². The number of amides is 6. The van der Waals surface area contributed by atoms with Crippen LogP contribution in [0.15, 0.2) is 146 Å². The number of carbonyl (C=O) groups is 8. The van der Waals surface area contributed by atoms with E-state index in [0.717, 1.165) is 11.1 Å². The first-order valence-corrected chi connectivity index (χ1v) is 27.8. The van der Waals surface area contributed by atoms with E-state index in [9.17, 15) is 48.6 Å². The van der Waals surface area contributed by atoms with Crippen LogP contribution in [0, 0.1) is 25.7 Å². The molecule has 0 radical (unpaired) electrons. The maximum absolute atomic E-state index is 13.8. The predicted molar refractivity (Wildman–Crippen MR) is 315 cm³/mol. The Bertz CT molecular complexity index is 3060. The molecule has 2 saturated heterocycles. The lowest BCUT2D eigenvalue weighted by Gasteiger charge is -2.31. The fourth-order valence-corrected chi connectivity index (χ4v) is 11.3. The highest BCUT2D eigenvalue weighted by molar-refractivity contribution is 6.34. The molecule has 0 bridgehead atoms. The Morgan fingerprint density at radius 2 is 0.817 bits per heavy atom. The maximum atomic E-state index is 13.8. The van der Waals surface area contributed by atoms with Crippen molar-refractivity contribution in [3.05, 3.63) is 200 Å². The fraction of sp³-hybridized carbons (Fsp3) is 0.312. The molecule has 2 aliphatic rings. The fourth-order valence-electron chi connectivity index (χ4n) is 10.7. The largest absolute Gasteiger partial charge is 0.480 e. The van der Waals surface area contributed by atoms with Gasteiger partial charge in [0.05, 0.1) is 21.2 Å². The van der Waals surface area contributed by atoms with Crippen LogP contribution in [0.1, 0.15) is 121 Å². The highest BCUT2D eigenvalue weighted by Crippen LogP contribution is 2.42. The molecule has 6 atom stereocenters. The van der Waals surface area contributed by atoms with Gasteiger partial charge in [0.25, 0.3) is 23.6 Å². The Balaban J connectivity index is 0.000000236. The van der Waals surface area contributed by atoms with Crippen LogP contribution in [-0.4, -0.2) is 91.6 Å². The third kappa shape index (κ3) is 14.0. The molecule has 0 aliphatic carbocycles. The zero-order valence-corrected chi connectivity index (χ0v) is 48.5. The molecule has 2 aliphatic heterocycles. The summed E-state index contributed by atoms with van der Waals surface area (Å²) < 4.78 is 0. The predicted octanol–water partition coefficient (Wildman–Crippen LogP) is 10.8. The van der Waals surface area contributed by atoms with Crippen LogP contribution >= 0.6 is 23.2 Å². The van der Waals surface area contributed by atoms with E-state index in [0.29, 0.717) is 46.5 Å². The zero-order valence-electron chi connectivity index (χ0n) is 47.0. The van der Waals surface area contributed by atoms with Gasteiger partial charge in [0, 0.05) is 38.1 Å². The van der Waals surface area contributed by atoms with Gasteiger partial charge in [-0.25, -0.2) is 9.59 Å². The molecule has 2 fully saturated rings. The summed E-state index contributed by atoms with van der Waals surface area (Å²) in [5.74, 6) is -3.81. The Morgan fingerprint density at radius 3 is 1.10 bits per heavy atom. The number of nitrogens with zero attached hydrogens (tertiary/aromatic N) is 4. The molecule has 6 amide bonds. The number of anilines is 2. The van der Waals surface area contributed by atoms with E-state index in [2.05, 4.69) is 10.6 Å². The average molecular weight is 1150 g/mol. The van der Waals surface area contributed by atoms with Crippen molar-refractivity contribution < 1.29 is 48.6 Å². The Hall–Kier alpha value is -8.34. The van der Waals surface area contributed by atoms with Gasteiger partial charge in [-0.1, -0.05) is 160 Å². The SMILES string of the molecule is CC(=O)N1C(CC(C)C)C(=O)N(c2ccc(CC(NC(=O)c3c(C)cccc3Cl)C(=O)O)cc2)C1c1ccccc1.CC(=O)N1C(CC(C)C)C(=O)N(c2ccc(CC(NC(=O)c3c(C)cccc3Cl)C(=O)O)cc2)C1c1ccccc1. The van der Waals surface area contributed by atoms with E-state index in [4.69, 9.17) is 23.2 Å². The minimum atomic E-state index is -1.20. The molecule has 0 saturated carbocycles. The van der Waals surface area contributed by atoms with Crippen molar-refractivity contribution in [2.45, 2.75) is 118 Å². The summed E-state index contributed by atoms with van der Waals surface area (Å²) in [5.41, 5.74) is 5.88. The molecule has 82 heavy (non-hydrogen) atoms. The third-order valence-electron chi connectivity index (χ3n) is 14.5. The van der Waals surface area contributed by atoms with E-state index < -0.39 is 60.3 Å². The first-order valence-electron chi connectivity index (χ1n) is 27.1. The number of hydrogen-bond acceptors (Lipinski definition) is 8. The standard InChI is InChI=1S/2C32H34ClN3O5/c2*1-19(2)17-27-31(39)36(30(35(27)21(4)37)23-10-6-5-7-11-23)24-15-13-22(14-16-24)18-26(32(40)41)34-29(38)28-20(3)9-8-12-25(28)33/h2*5-16,19,26-27,30H,17-18H2,1-4H3,(H,34,38)(H,40,41). The second-order valence-corrected chi connectivity index (χ2v) is 22.3. The lowest BCUT2D eigenvalue weighted by Crippen LogP contribution is -2.42. The summed E-state index contributed by atoms with van der Waals surface area (Å²) in [6.45, 7) is 14.5. The van der Waals surface area contributed by atoms with Gasteiger partial charge in [-0.15, -0.1) is 0 Å². The summed E-state index contributed by atoms with van der Waals surface area (Å²) in [4.78, 5) is 110. The number of carboxylic acids is 2. The number of hydrogen-bond donors (Lipinski definition) is 4. The Morgan fingerprint density at radius 1 is 0.488 bits per heavy atom. The average Bonchev–Trinajstić information content (AvgIpc) is 2.78. The number of rotatable bonds is 18. The molecule has 6 aromatic carbocycles. The number of halogens is 2. The second kappa shape index (κ2) is 27.0. The van der Waals surface area contributed by atoms with Gasteiger partial charge in [-0.2, -0.15) is 0 Å². The van der Waals surface area contributed by atoms with E-state index in [1.165, 1.54) is 13.8 Å². The van der Waals surface area contributed by atoms with Gasteiger partial charge in [0.1, 0.15) is 36.5 Å². The highest BCUT2D eigenvalue weighted by Gasteiger charge is 2.50. The lowest BCUT2D eigenvalue weighted by molar-refractivity contribution is -0.140. The van der Waals surface area contributed by atoms with Crippen LogP contribution in [0.2, 0.25) is 10.0 Å². The maximum Gasteiger partial charge on any atom is 0.326 e. The third-order valence-corrected chi connectivity index (χ3v) is 15.1. The van der Waals surface area contributed by atoms with Crippen LogP contribution in [0.4, 0.5) is 11.4 Å². The number of aryl methyl sites for hydroxylation is 2. The molecule has 0 aromatic heterocycles. The van der Waals surface area contributed by atoms with Crippen LogP contribution in [-0.2, 0) is 41.6 Å². The molecule has 2 heterocycles. The summed E-state index contributed by atoms with van der Waals surface area (Å²) in [6, 6.07) is 39.3. The monoisotopic (exact) mass is 1150 g/mol. The summed E-state index contributed by atoms with van der Waals surface area (Å²) in [6.07, 6.45) is -0.114. The molecular formula is C64H68Cl2N6O10. The van der Waals surface area contributed by atoms with Crippen LogP contribution in [0.5, 0.6) is 0 Å². The molecule has 6 unspecified atom stereocenters. The van der Waals surface area contributed by atoms with E-state index >= 15 is 0 Å². The minimum Gasteiger partial charge on any atom is -0.480 e. The van der Waals surface area contributed by atoms with Gasteiger partial charge in [0.2, 0.25) is 11.8 Å².